The second-order valence-electron chi connectivity index (χ2n) is 4.47. The third-order valence-electron chi connectivity index (χ3n) is 2.95. The molecular formula is C13H22N2O2. The van der Waals surface area contributed by atoms with Gasteiger partial charge in [0.05, 0.1) is 14.2 Å². The van der Waals surface area contributed by atoms with Crippen LogP contribution < -0.4 is 0 Å². The minimum atomic E-state index is -0.144. The molecule has 0 aromatic heterocycles. The largest absolute Gasteiger partial charge is 0.483 e. The summed E-state index contributed by atoms with van der Waals surface area (Å²) in [7, 11) is 3.28. The van der Waals surface area contributed by atoms with E-state index in [4.69, 9.17) is 9.47 Å². The van der Waals surface area contributed by atoms with E-state index in [1.165, 1.54) is 0 Å². The molecule has 0 aromatic rings. The molecule has 1 aliphatic heterocycles. The monoisotopic (exact) mass is 238 g/mol. The van der Waals surface area contributed by atoms with Crippen LogP contribution in [0.5, 0.6) is 0 Å². The lowest BCUT2D eigenvalue weighted by atomic mass is 10.0. The van der Waals surface area contributed by atoms with Crippen LogP contribution in [0.3, 0.4) is 0 Å². The summed E-state index contributed by atoms with van der Waals surface area (Å²) >= 11 is 0. The van der Waals surface area contributed by atoms with Gasteiger partial charge in [0.25, 0.3) is 0 Å². The van der Waals surface area contributed by atoms with Crippen molar-refractivity contribution in [2.75, 3.05) is 14.2 Å². The van der Waals surface area contributed by atoms with Gasteiger partial charge < -0.3 is 9.47 Å². The average molecular weight is 238 g/mol. The minimum Gasteiger partial charge on any atom is -0.483 e. The summed E-state index contributed by atoms with van der Waals surface area (Å²) in [4.78, 5) is 9.20. The average Bonchev–Trinajstić information content (AvgIpc) is 2.35. The van der Waals surface area contributed by atoms with Crippen LogP contribution in [0.4, 0.5) is 0 Å². The molecule has 0 radical (unpaired) electrons. The van der Waals surface area contributed by atoms with Crippen LogP contribution in [0.15, 0.2) is 21.6 Å². The minimum absolute atomic E-state index is 0.0455. The molecule has 1 aliphatic rings. The molecule has 0 saturated carbocycles. The van der Waals surface area contributed by atoms with Gasteiger partial charge in [0, 0.05) is 0 Å². The summed E-state index contributed by atoms with van der Waals surface area (Å²) in [6.45, 7) is 8.20. The highest BCUT2D eigenvalue weighted by Gasteiger charge is 2.31. The molecule has 0 bridgehead atoms. The van der Waals surface area contributed by atoms with Gasteiger partial charge in [0.2, 0.25) is 11.8 Å². The molecule has 1 heterocycles. The maximum atomic E-state index is 5.35. The van der Waals surface area contributed by atoms with Gasteiger partial charge in [-0.05, 0) is 25.3 Å². The first-order valence-corrected chi connectivity index (χ1v) is 5.91. The third-order valence-corrected chi connectivity index (χ3v) is 2.95. The number of ether oxygens (including phenoxy) is 2. The van der Waals surface area contributed by atoms with Gasteiger partial charge in [-0.3, -0.25) is 0 Å². The molecule has 0 aromatic carbocycles. The molecule has 0 unspecified atom stereocenters. The van der Waals surface area contributed by atoms with Crippen molar-refractivity contribution in [1.29, 1.82) is 0 Å². The van der Waals surface area contributed by atoms with Crippen molar-refractivity contribution in [3.63, 3.8) is 0 Å². The van der Waals surface area contributed by atoms with E-state index in [0.29, 0.717) is 17.7 Å². The third kappa shape index (κ3) is 2.87. The molecule has 0 N–H and O–H groups in total. The first-order valence-electron chi connectivity index (χ1n) is 5.91. The van der Waals surface area contributed by atoms with Gasteiger partial charge in [0.15, 0.2) is 0 Å². The Hall–Kier alpha value is -1.32. The summed E-state index contributed by atoms with van der Waals surface area (Å²) in [5.41, 5.74) is 1.11. The van der Waals surface area contributed by atoms with Crippen LogP contribution in [0.1, 0.15) is 27.7 Å². The Morgan fingerprint density at radius 1 is 1.18 bits per heavy atom. The Kier molecular flexibility index (Phi) is 4.73. The molecule has 0 saturated heterocycles. The molecule has 0 aliphatic carbocycles. The highest BCUT2D eigenvalue weighted by molar-refractivity contribution is 5.95. The van der Waals surface area contributed by atoms with Crippen LogP contribution in [0, 0.1) is 5.92 Å². The topological polar surface area (TPSA) is 43.2 Å². The first kappa shape index (κ1) is 13.7. The number of methoxy groups -OCH3 is 2. The fourth-order valence-electron chi connectivity index (χ4n) is 1.75. The van der Waals surface area contributed by atoms with Gasteiger partial charge >= 0.3 is 0 Å². The molecular weight excluding hydrogens is 216 g/mol. The van der Waals surface area contributed by atoms with Gasteiger partial charge in [-0.2, -0.15) is 0 Å². The van der Waals surface area contributed by atoms with E-state index in [2.05, 4.69) is 23.8 Å². The highest BCUT2D eigenvalue weighted by atomic mass is 16.5. The zero-order valence-electron chi connectivity index (χ0n) is 11.5. The lowest BCUT2D eigenvalue weighted by Gasteiger charge is -2.27. The van der Waals surface area contributed by atoms with Crippen molar-refractivity contribution in [1.82, 2.24) is 0 Å². The summed E-state index contributed by atoms with van der Waals surface area (Å²) in [6.07, 6.45) is 2.02. The van der Waals surface area contributed by atoms with Gasteiger partial charge in [-0.25, -0.2) is 9.98 Å². The van der Waals surface area contributed by atoms with Crippen molar-refractivity contribution < 1.29 is 9.47 Å². The van der Waals surface area contributed by atoms with E-state index in [0.717, 1.165) is 5.57 Å². The van der Waals surface area contributed by atoms with E-state index in [1.54, 1.807) is 14.2 Å². The van der Waals surface area contributed by atoms with Crippen molar-refractivity contribution in [2.24, 2.45) is 15.9 Å². The highest BCUT2D eigenvalue weighted by Crippen LogP contribution is 2.21. The number of rotatable bonds is 2. The molecule has 17 heavy (non-hydrogen) atoms. The summed E-state index contributed by atoms with van der Waals surface area (Å²) in [5, 5.41) is 0. The van der Waals surface area contributed by atoms with Crippen molar-refractivity contribution >= 4 is 11.8 Å². The summed E-state index contributed by atoms with van der Waals surface area (Å²) in [6, 6.07) is -0.189. The van der Waals surface area contributed by atoms with Crippen molar-refractivity contribution in [2.45, 2.75) is 39.8 Å². The molecule has 96 valence electrons. The normalized spacial score (nSPS) is 25.5. The van der Waals surface area contributed by atoms with Gasteiger partial charge in [0.1, 0.15) is 12.1 Å². The van der Waals surface area contributed by atoms with Crippen LogP contribution in [0.2, 0.25) is 0 Å². The number of aliphatic imine (C=N–C) groups is 2. The molecule has 0 amide bonds. The predicted molar refractivity (Wildman–Crippen MR) is 70.7 cm³/mol. The van der Waals surface area contributed by atoms with Crippen LogP contribution in [-0.4, -0.2) is 38.1 Å². The number of allylic oxidation sites excluding steroid dienone is 1. The fourth-order valence-corrected chi connectivity index (χ4v) is 1.75. The Morgan fingerprint density at radius 3 is 2.18 bits per heavy atom. The van der Waals surface area contributed by atoms with Crippen molar-refractivity contribution in [3.8, 4) is 0 Å². The second-order valence-corrected chi connectivity index (χ2v) is 4.47. The maximum Gasteiger partial charge on any atom is 0.213 e. The number of hydrogen-bond acceptors (Lipinski definition) is 4. The van der Waals surface area contributed by atoms with Gasteiger partial charge in [-0.15, -0.1) is 0 Å². The Bertz CT molecular complexity index is 356. The standard InChI is InChI=1S/C13H22N2O2/c1-7-9(4)11-13(17-6)14-10(8(2)3)12(15-11)16-5/h7-8,10-11H,1-6H3/b9-7-/t10-,11+/m1/s1. The van der Waals surface area contributed by atoms with E-state index in [1.807, 2.05) is 19.9 Å². The quantitative estimate of drug-likeness (QED) is 0.693. The van der Waals surface area contributed by atoms with E-state index in [-0.39, 0.29) is 12.1 Å². The molecule has 2 atom stereocenters. The SMILES string of the molecule is C/C=C(/C)[C@@H]1N=C(OC)[C@@H](C(C)C)N=C1OC. The molecule has 0 fully saturated rings. The zero-order valence-corrected chi connectivity index (χ0v) is 11.5. The molecule has 4 heteroatoms. The Labute approximate surface area is 103 Å². The predicted octanol–water partition coefficient (Wildman–Crippen LogP) is 2.45. The number of hydrogen-bond donors (Lipinski definition) is 0. The molecule has 4 nitrogen and oxygen atoms in total. The van der Waals surface area contributed by atoms with Gasteiger partial charge in [-0.1, -0.05) is 19.9 Å². The summed E-state index contributed by atoms with van der Waals surface area (Å²) in [5.74, 6) is 1.69. The lowest BCUT2D eigenvalue weighted by molar-refractivity contribution is 0.337. The van der Waals surface area contributed by atoms with Crippen LogP contribution in [0.25, 0.3) is 0 Å². The van der Waals surface area contributed by atoms with Crippen LogP contribution >= 0.6 is 0 Å². The van der Waals surface area contributed by atoms with Crippen LogP contribution in [-0.2, 0) is 9.47 Å². The fraction of sp³-hybridized carbons (Fsp3) is 0.692. The molecule has 1 rings (SSSR count). The van der Waals surface area contributed by atoms with Crippen molar-refractivity contribution in [3.05, 3.63) is 11.6 Å². The van der Waals surface area contributed by atoms with E-state index >= 15 is 0 Å². The smallest absolute Gasteiger partial charge is 0.213 e. The Balaban J connectivity index is 3.11. The zero-order chi connectivity index (χ0) is 13.0. The lowest BCUT2D eigenvalue weighted by Crippen LogP contribution is -2.37. The van der Waals surface area contributed by atoms with E-state index in [9.17, 15) is 0 Å². The first-order chi connectivity index (χ1) is 8.04. The maximum absolute atomic E-state index is 5.35. The summed E-state index contributed by atoms with van der Waals surface area (Å²) < 4.78 is 10.7. The van der Waals surface area contributed by atoms with E-state index < -0.39 is 0 Å². The number of nitrogens with zero attached hydrogens (tertiary/aromatic N) is 2. The molecule has 0 spiro atoms. The second kappa shape index (κ2) is 5.84. The Morgan fingerprint density at radius 2 is 1.76 bits per heavy atom.